The Morgan fingerprint density at radius 2 is 2.09 bits per heavy atom. The topological polar surface area (TPSA) is 69.1 Å². The minimum absolute atomic E-state index is 0.321. The molecule has 22 heavy (non-hydrogen) atoms. The number of azide groups is 1. The molecule has 1 amide bonds. The monoisotopic (exact) mass is 335 g/mol. The van der Waals surface area contributed by atoms with E-state index in [9.17, 15) is 4.79 Å². The van der Waals surface area contributed by atoms with Crippen molar-refractivity contribution in [1.29, 1.82) is 0 Å². The van der Waals surface area contributed by atoms with Crippen LogP contribution in [0.1, 0.15) is 1.37 Å². The molecule has 0 N–H and O–H groups in total. The van der Waals surface area contributed by atoms with E-state index in [1.807, 2.05) is 6.07 Å². The van der Waals surface area contributed by atoms with E-state index < -0.39 is 5.91 Å². The molecule has 0 saturated heterocycles. The predicted molar refractivity (Wildman–Crippen MR) is 89.3 cm³/mol. The van der Waals surface area contributed by atoms with Gasteiger partial charge in [0.05, 0.1) is 5.69 Å². The van der Waals surface area contributed by atoms with Gasteiger partial charge in [0.15, 0.2) is 0 Å². The number of anilines is 1. The van der Waals surface area contributed by atoms with Gasteiger partial charge in [-0.25, -0.2) is 0 Å². The number of nitrogens with zero attached hydrogens (tertiary/aromatic N) is 4. The Kier molecular flexibility index (Phi) is 4.81. The minimum atomic E-state index is -0.478. The molecule has 0 aliphatic rings. The van der Waals surface area contributed by atoms with Crippen molar-refractivity contribution in [2.45, 2.75) is 0 Å². The Hall–Kier alpha value is -2.20. The van der Waals surface area contributed by atoms with Crippen molar-refractivity contribution in [2.75, 3.05) is 18.5 Å². The quantitative estimate of drug-likeness (QED) is 0.443. The normalized spacial score (nSPS) is 10.5. The molecular weight excluding hydrogens is 323 g/mol. The van der Waals surface area contributed by atoms with E-state index in [1.165, 1.54) is 4.90 Å². The summed E-state index contributed by atoms with van der Waals surface area (Å²) in [6, 6.07) is 12.1. The molecule has 5 nitrogen and oxygen atoms in total. The van der Waals surface area contributed by atoms with E-state index in [1.54, 1.807) is 36.4 Å². The molecular formula is C15H12Cl2N4O. The lowest BCUT2D eigenvalue weighted by Gasteiger charge is -2.21. The number of rotatable bonds is 4. The number of carbonyl (C=O) groups excluding carboxylic acids is 1. The van der Waals surface area contributed by atoms with Crippen molar-refractivity contribution < 1.29 is 6.17 Å². The maximum Gasteiger partial charge on any atom is 0.232 e. The lowest BCUT2D eigenvalue weighted by atomic mass is 10.0. The highest BCUT2D eigenvalue weighted by Crippen LogP contribution is 2.36. The predicted octanol–water partition coefficient (Wildman–Crippen LogP) is 4.93. The Bertz CT molecular complexity index is 778. The molecule has 0 bridgehead atoms. The van der Waals surface area contributed by atoms with Gasteiger partial charge < -0.3 is 4.90 Å². The fraction of sp³-hybridized carbons (Fsp3) is 0.133. The number of benzene rings is 2. The molecule has 2 aromatic rings. The second-order valence-corrected chi connectivity index (χ2v) is 5.20. The summed E-state index contributed by atoms with van der Waals surface area (Å²) in [7, 11) is -0.321. The number of halogens is 2. The van der Waals surface area contributed by atoms with Crippen LogP contribution < -0.4 is 4.90 Å². The second-order valence-electron chi connectivity index (χ2n) is 4.35. The Morgan fingerprint density at radius 3 is 2.77 bits per heavy atom. The van der Waals surface area contributed by atoms with E-state index in [0.717, 1.165) is 0 Å². The number of carbonyl (C=O) groups is 1. The number of hydrogen-bond donors (Lipinski definition) is 0. The molecule has 0 aromatic heterocycles. The van der Waals surface area contributed by atoms with Crippen LogP contribution >= 0.6 is 23.2 Å². The molecule has 0 heterocycles. The highest BCUT2D eigenvalue weighted by atomic mass is 35.5. The summed E-state index contributed by atoms with van der Waals surface area (Å²) in [5.74, 6) is -0.478. The summed E-state index contributed by atoms with van der Waals surface area (Å²) < 4.78 is 7.63. The van der Waals surface area contributed by atoms with Crippen LogP contribution in [0.4, 0.5) is 5.69 Å². The third-order valence-electron chi connectivity index (χ3n) is 2.98. The lowest BCUT2D eigenvalue weighted by molar-refractivity contribution is -0.117. The van der Waals surface area contributed by atoms with Gasteiger partial charge in [-0.2, -0.15) is 0 Å². The molecule has 7 heteroatoms. The Balaban J connectivity index is 2.56. The van der Waals surface area contributed by atoms with Gasteiger partial charge in [0.25, 0.3) is 0 Å². The average Bonchev–Trinajstić information content (AvgIpc) is 2.55. The molecule has 0 fully saturated rings. The Labute approximate surface area is 139 Å². The Morgan fingerprint density at radius 1 is 1.32 bits per heavy atom. The molecule has 0 radical (unpaired) electrons. The summed E-state index contributed by atoms with van der Waals surface area (Å²) in [6.45, 7) is -0.361. The van der Waals surface area contributed by atoms with Crippen molar-refractivity contribution in [3.8, 4) is 11.1 Å². The van der Waals surface area contributed by atoms with Gasteiger partial charge in [0.1, 0.15) is 6.54 Å². The van der Waals surface area contributed by atoms with Gasteiger partial charge in [-0.1, -0.05) is 46.5 Å². The smallest absolute Gasteiger partial charge is 0.232 e. The van der Waals surface area contributed by atoms with Crippen molar-refractivity contribution in [3.05, 3.63) is 63.0 Å². The number of likely N-dealkylation sites (N-methyl/N-ethyl adjacent to an activating group) is 1. The van der Waals surface area contributed by atoms with Crippen molar-refractivity contribution in [1.82, 2.24) is 0 Å². The first-order valence-corrected chi connectivity index (χ1v) is 6.99. The average molecular weight is 336 g/mol. The van der Waals surface area contributed by atoms with Gasteiger partial charge in [-0.3, -0.25) is 4.79 Å². The lowest BCUT2D eigenvalue weighted by Crippen LogP contribution is -2.28. The summed E-state index contributed by atoms with van der Waals surface area (Å²) in [5, 5.41) is 4.24. The van der Waals surface area contributed by atoms with E-state index in [2.05, 4.69) is 10.0 Å². The van der Waals surface area contributed by atoms with Gasteiger partial charge >= 0.3 is 0 Å². The number of amides is 1. The second kappa shape index (κ2) is 7.18. The number of hydrogen-bond acceptors (Lipinski definition) is 2. The van der Waals surface area contributed by atoms with Crippen LogP contribution in [0.15, 0.2) is 47.6 Å². The van der Waals surface area contributed by atoms with Crippen LogP contribution in [-0.4, -0.2) is 19.5 Å². The SMILES string of the molecule is [2H]CN(C(=O)CN=[N+]=[N-])c1ccc(Cl)cc1-c1ccccc1Cl. The molecule has 112 valence electrons. The van der Waals surface area contributed by atoms with Gasteiger partial charge in [-0.15, -0.1) is 0 Å². The van der Waals surface area contributed by atoms with Crippen LogP contribution in [0.5, 0.6) is 0 Å². The molecule has 2 rings (SSSR count). The molecule has 0 spiro atoms. The van der Waals surface area contributed by atoms with Crippen molar-refractivity contribution >= 4 is 34.8 Å². The van der Waals surface area contributed by atoms with Crippen LogP contribution in [0, 0.1) is 0 Å². The molecule has 2 aromatic carbocycles. The van der Waals surface area contributed by atoms with E-state index in [4.69, 9.17) is 30.1 Å². The van der Waals surface area contributed by atoms with E-state index in [-0.39, 0.29) is 13.6 Å². The minimum Gasteiger partial charge on any atom is -0.315 e. The first-order valence-electron chi connectivity index (χ1n) is 6.94. The fourth-order valence-electron chi connectivity index (χ4n) is 1.95. The first-order chi connectivity index (χ1) is 11.1. The van der Waals surface area contributed by atoms with Crippen LogP contribution in [0.3, 0.4) is 0 Å². The highest BCUT2D eigenvalue weighted by molar-refractivity contribution is 6.34. The van der Waals surface area contributed by atoms with E-state index >= 15 is 0 Å². The molecule has 0 atom stereocenters. The van der Waals surface area contributed by atoms with Crippen LogP contribution in [-0.2, 0) is 4.79 Å². The standard InChI is InChI=1S/C15H12Cl2N4O/c1-21(15(22)9-19-20-18)14-7-6-10(16)8-12(14)11-4-2-3-5-13(11)17/h2-8H,9H2,1H3/i1D. The van der Waals surface area contributed by atoms with Gasteiger partial charge in [0, 0.05) is 34.5 Å². The summed E-state index contributed by atoms with van der Waals surface area (Å²) in [5.41, 5.74) is 10.2. The maximum absolute atomic E-state index is 12.2. The zero-order valence-corrected chi connectivity index (χ0v) is 12.9. The first kappa shape index (κ1) is 14.7. The third-order valence-corrected chi connectivity index (χ3v) is 3.55. The fourth-order valence-corrected chi connectivity index (χ4v) is 2.36. The molecule has 0 aliphatic heterocycles. The largest absolute Gasteiger partial charge is 0.315 e. The van der Waals surface area contributed by atoms with Crippen LogP contribution in [0.25, 0.3) is 21.6 Å². The maximum atomic E-state index is 12.2. The van der Waals surface area contributed by atoms with Gasteiger partial charge in [0.2, 0.25) is 5.91 Å². The molecule has 0 unspecified atom stereocenters. The highest BCUT2D eigenvalue weighted by Gasteiger charge is 2.16. The summed E-state index contributed by atoms with van der Waals surface area (Å²) >= 11 is 12.3. The van der Waals surface area contributed by atoms with Crippen molar-refractivity contribution in [3.63, 3.8) is 0 Å². The zero-order chi connectivity index (χ0) is 16.8. The summed E-state index contributed by atoms with van der Waals surface area (Å²) in [6.07, 6.45) is 0. The molecule has 0 saturated carbocycles. The molecule has 0 aliphatic carbocycles. The zero-order valence-electron chi connectivity index (χ0n) is 12.4. The summed E-state index contributed by atoms with van der Waals surface area (Å²) in [4.78, 5) is 15.9. The van der Waals surface area contributed by atoms with E-state index in [0.29, 0.717) is 26.9 Å². The van der Waals surface area contributed by atoms with Crippen molar-refractivity contribution in [2.24, 2.45) is 5.11 Å². The van der Waals surface area contributed by atoms with Gasteiger partial charge in [-0.05, 0) is 29.8 Å². The van der Waals surface area contributed by atoms with Crippen LogP contribution in [0.2, 0.25) is 10.0 Å². The third kappa shape index (κ3) is 3.52.